The predicted octanol–water partition coefficient (Wildman–Crippen LogP) is 6.90. The molecule has 1 aliphatic carbocycles. The third-order valence-corrected chi connectivity index (χ3v) is 6.54. The van der Waals surface area contributed by atoms with Crippen molar-refractivity contribution in [2.24, 2.45) is 5.92 Å². The number of rotatable bonds is 12. The summed E-state index contributed by atoms with van der Waals surface area (Å²) in [6, 6.07) is 9.18. The van der Waals surface area contributed by atoms with Crippen molar-refractivity contribution < 1.29 is 32.6 Å². The number of esters is 2. The van der Waals surface area contributed by atoms with E-state index in [1.165, 1.54) is 62.4 Å². The molecule has 0 atom stereocenters. The second kappa shape index (κ2) is 14.4. The van der Waals surface area contributed by atoms with E-state index < -0.39 is 28.9 Å². The number of hydrogen-bond acceptors (Lipinski definition) is 6. The number of carbonyl (C=O) groups is 2. The number of nitriles is 1. The lowest BCUT2D eigenvalue weighted by atomic mass is 9.87. The zero-order valence-corrected chi connectivity index (χ0v) is 21.1. The zero-order valence-electron chi connectivity index (χ0n) is 21.1. The van der Waals surface area contributed by atoms with Crippen LogP contribution in [0, 0.1) is 28.9 Å². The highest BCUT2D eigenvalue weighted by Gasteiger charge is 2.28. The number of ether oxygens (including phenoxy) is 3. The Balaban J connectivity index is 1.41. The fraction of sp³-hybridized carbons (Fsp3) is 0.483. The molecule has 0 amide bonds. The third-order valence-electron chi connectivity index (χ3n) is 6.54. The molecule has 198 valence electrons. The van der Waals surface area contributed by atoms with Gasteiger partial charge >= 0.3 is 11.9 Å². The van der Waals surface area contributed by atoms with Crippen LogP contribution in [0.4, 0.5) is 8.78 Å². The number of hydrogen-bond donors (Lipinski definition) is 0. The van der Waals surface area contributed by atoms with Crippen LogP contribution in [0.15, 0.2) is 36.4 Å². The minimum atomic E-state index is -1.42. The average molecular weight is 514 g/mol. The van der Waals surface area contributed by atoms with Crippen LogP contribution in [0.1, 0.15) is 87.1 Å². The van der Waals surface area contributed by atoms with Crippen LogP contribution in [-0.4, -0.2) is 24.6 Å². The molecule has 0 heterocycles. The van der Waals surface area contributed by atoms with E-state index in [0.717, 1.165) is 38.0 Å². The first-order chi connectivity index (χ1) is 17.9. The molecule has 0 aliphatic heterocycles. The highest BCUT2D eigenvalue weighted by molar-refractivity contribution is 5.91. The summed E-state index contributed by atoms with van der Waals surface area (Å²) >= 11 is 0. The number of benzene rings is 2. The van der Waals surface area contributed by atoms with Crippen LogP contribution in [0.25, 0.3) is 0 Å². The number of nitrogens with zero attached hydrogens (tertiary/aromatic N) is 1. The lowest BCUT2D eigenvalue weighted by Gasteiger charge is -2.27. The number of unbranched alkanes of at least 4 members (excludes halogenated alkanes) is 5. The van der Waals surface area contributed by atoms with Gasteiger partial charge < -0.3 is 14.2 Å². The molecule has 0 N–H and O–H groups in total. The summed E-state index contributed by atoms with van der Waals surface area (Å²) in [5.74, 6) is -4.58. The van der Waals surface area contributed by atoms with Gasteiger partial charge in [-0.05, 0) is 68.5 Å². The van der Waals surface area contributed by atoms with Gasteiger partial charge in [-0.1, -0.05) is 39.0 Å². The Kier molecular flexibility index (Phi) is 11.0. The molecule has 1 saturated carbocycles. The minimum Gasteiger partial charge on any atom is -0.426 e. The lowest BCUT2D eigenvalue weighted by Crippen LogP contribution is -2.29. The molecule has 8 heteroatoms. The van der Waals surface area contributed by atoms with Crippen molar-refractivity contribution in [3.63, 3.8) is 0 Å². The van der Waals surface area contributed by atoms with Gasteiger partial charge in [0.15, 0.2) is 11.6 Å². The highest BCUT2D eigenvalue weighted by atomic mass is 19.2. The lowest BCUT2D eigenvalue weighted by molar-refractivity contribution is -0.141. The van der Waals surface area contributed by atoms with Crippen molar-refractivity contribution in [3.05, 3.63) is 59.2 Å². The van der Waals surface area contributed by atoms with Gasteiger partial charge in [-0.15, -0.1) is 0 Å². The van der Waals surface area contributed by atoms with E-state index in [-0.39, 0.29) is 29.3 Å². The summed E-state index contributed by atoms with van der Waals surface area (Å²) in [5.41, 5.74) is -0.426. The van der Waals surface area contributed by atoms with Crippen molar-refractivity contribution >= 4 is 11.9 Å². The van der Waals surface area contributed by atoms with Crippen molar-refractivity contribution in [1.29, 1.82) is 5.26 Å². The van der Waals surface area contributed by atoms with Crippen molar-refractivity contribution in [3.8, 4) is 17.6 Å². The monoisotopic (exact) mass is 513 g/mol. The fourth-order valence-corrected chi connectivity index (χ4v) is 4.31. The Labute approximate surface area is 216 Å². The molecule has 0 unspecified atom stereocenters. The normalized spacial score (nSPS) is 17.1. The van der Waals surface area contributed by atoms with Gasteiger partial charge in [0.25, 0.3) is 0 Å². The van der Waals surface area contributed by atoms with Crippen molar-refractivity contribution in [1.82, 2.24) is 0 Å². The maximum atomic E-state index is 14.0. The quantitative estimate of drug-likeness (QED) is 0.174. The summed E-state index contributed by atoms with van der Waals surface area (Å²) in [4.78, 5) is 24.9. The van der Waals surface area contributed by atoms with Gasteiger partial charge in [-0.2, -0.15) is 9.65 Å². The molecule has 2 aromatic carbocycles. The van der Waals surface area contributed by atoms with Crippen LogP contribution in [-0.2, 0) is 9.53 Å². The summed E-state index contributed by atoms with van der Waals surface area (Å²) in [6.07, 6.45) is 10.6. The van der Waals surface area contributed by atoms with Crippen molar-refractivity contribution in [2.75, 3.05) is 6.61 Å². The molecular weight excluding hydrogens is 480 g/mol. The Morgan fingerprint density at radius 1 is 0.892 bits per heavy atom. The number of carbonyl (C=O) groups excluding carboxylic acids is 2. The summed E-state index contributed by atoms with van der Waals surface area (Å²) in [7, 11) is 0. The average Bonchev–Trinajstić information content (AvgIpc) is 2.91. The first kappa shape index (κ1) is 28.3. The van der Waals surface area contributed by atoms with Crippen LogP contribution in [0.2, 0.25) is 0 Å². The molecule has 0 aromatic heterocycles. The van der Waals surface area contributed by atoms with Crippen LogP contribution < -0.4 is 9.47 Å². The molecule has 1 fully saturated rings. The summed E-state index contributed by atoms with van der Waals surface area (Å²) in [6.45, 7) is 2.98. The third kappa shape index (κ3) is 8.36. The topological polar surface area (TPSA) is 85.6 Å². The SMILES string of the molecule is CCCCCCCCO[C@H]1CC[C@H](C(=O)Oc2ccc(C(=O)Oc3ccc(C#N)c(F)c3F)cc2)CC1. The van der Waals surface area contributed by atoms with E-state index in [1.807, 2.05) is 0 Å². The van der Waals surface area contributed by atoms with Gasteiger partial charge in [0, 0.05) is 6.61 Å². The van der Waals surface area contributed by atoms with Crippen LogP contribution >= 0.6 is 0 Å². The van der Waals surface area contributed by atoms with Gasteiger partial charge in [0.2, 0.25) is 5.82 Å². The Bertz CT molecular complexity index is 1090. The molecule has 6 nitrogen and oxygen atoms in total. The number of halogens is 2. The van der Waals surface area contributed by atoms with E-state index in [9.17, 15) is 18.4 Å². The molecule has 0 radical (unpaired) electrons. The van der Waals surface area contributed by atoms with E-state index in [1.54, 1.807) is 0 Å². The van der Waals surface area contributed by atoms with Crippen LogP contribution in [0.5, 0.6) is 11.5 Å². The Morgan fingerprint density at radius 3 is 2.24 bits per heavy atom. The first-order valence-corrected chi connectivity index (χ1v) is 13.0. The van der Waals surface area contributed by atoms with E-state index in [0.29, 0.717) is 12.8 Å². The van der Waals surface area contributed by atoms with Gasteiger partial charge in [-0.25, -0.2) is 9.18 Å². The summed E-state index contributed by atoms with van der Waals surface area (Å²) in [5, 5.41) is 8.74. The maximum absolute atomic E-state index is 14.0. The first-order valence-electron chi connectivity index (χ1n) is 13.0. The molecule has 37 heavy (non-hydrogen) atoms. The molecule has 0 saturated heterocycles. The van der Waals surface area contributed by atoms with E-state index in [2.05, 4.69) is 6.92 Å². The van der Waals surface area contributed by atoms with Gasteiger partial charge in [0.1, 0.15) is 11.8 Å². The fourth-order valence-electron chi connectivity index (χ4n) is 4.31. The second-order valence-corrected chi connectivity index (χ2v) is 9.30. The maximum Gasteiger partial charge on any atom is 0.343 e. The van der Waals surface area contributed by atoms with Crippen molar-refractivity contribution in [2.45, 2.75) is 77.2 Å². The minimum absolute atomic E-state index is 0.0620. The highest BCUT2D eigenvalue weighted by Crippen LogP contribution is 2.29. The van der Waals surface area contributed by atoms with Gasteiger partial charge in [0.05, 0.1) is 23.1 Å². The summed E-state index contributed by atoms with van der Waals surface area (Å²) < 4.78 is 44.1. The molecule has 2 aromatic rings. The molecular formula is C29H33F2NO5. The molecule has 0 bridgehead atoms. The van der Waals surface area contributed by atoms with Gasteiger partial charge in [-0.3, -0.25) is 4.79 Å². The predicted molar refractivity (Wildman–Crippen MR) is 133 cm³/mol. The molecule has 1 aliphatic rings. The molecule has 3 rings (SSSR count). The standard InChI is InChI=1S/C29H33F2NO5/c1-2-3-4-5-6-7-18-35-23-13-8-20(9-14-23)28(33)36-24-15-10-21(11-16-24)29(34)37-25-17-12-22(19-32)26(30)27(25)31/h10-12,15-17,20,23H,2-9,13-14,18H2,1H3/t20-,23-. The smallest absolute Gasteiger partial charge is 0.343 e. The second-order valence-electron chi connectivity index (χ2n) is 9.30. The van der Waals surface area contributed by atoms with Crippen LogP contribution in [0.3, 0.4) is 0 Å². The zero-order chi connectivity index (χ0) is 26.6. The Hall–Kier alpha value is -3.31. The Morgan fingerprint density at radius 2 is 1.57 bits per heavy atom. The largest absolute Gasteiger partial charge is 0.426 e. The van der Waals surface area contributed by atoms with E-state index in [4.69, 9.17) is 19.5 Å². The molecule has 0 spiro atoms. The van der Waals surface area contributed by atoms with E-state index >= 15 is 0 Å².